The summed E-state index contributed by atoms with van der Waals surface area (Å²) < 4.78 is 7.72. The molecule has 4 aromatic rings. The van der Waals surface area contributed by atoms with Crippen molar-refractivity contribution in [1.29, 1.82) is 0 Å². The third kappa shape index (κ3) is 5.43. The molecule has 0 fully saturated rings. The van der Waals surface area contributed by atoms with Gasteiger partial charge in [0.05, 0.1) is 24.1 Å². The van der Waals surface area contributed by atoms with Crippen molar-refractivity contribution in [2.45, 2.75) is 26.9 Å². The van der Waals surface area contributed by atoms with Crippen molar-refractivity contribution in [3.05, 3.63) is 71.9 Å². The second-order valence-corrected chi connectivity index (χ2v) is 7.13. The van der Waals surface area contributed by atoms with Gasteiger partial charge >= 0.3 is 0 Å². The van der Waals surface area contributed by atoms with E-state index in [0.717, 1.165) is 34.7 Å². The second-order valence-electron chi connectivity index (χ2n) is 7.13. The van der Waals surface area contributed by atoms with E-state index in [-0.39, 0.29) is 24.0 Å². The fraction of sp³-hybridized carbons (Fsp3) is 0.261. The SMILES string of the molecule is CCNC(=NCc1coc(-c2ccc(C)cc2)n1)NCc1nc2ccccc2n1C.I. The summed E-state index contributed by atoms with van der Waals surface area (Å²) in [5.74, 6) is 2.27. The van der Waals surface area contributed by atoms with Crippen LogP contribution < -0.4 is 10.6 Å². The number of rotatable bonds is 6. The monoisotopic (exact) mass is 530 g/mol. The predicted octanol–water partition coefficient (Wildman–Crippen LogP) is 4.41. The molecule has 162 valence electrons. The van der Waals surface area contributed by atoms with Crippen LogP contribution in [0.4, 0.5) is 0 Å². The van der Waals surface area contributed by atoms with E-state index in [1.807, 2.05) is 56.4 Å². The number of guanidine groups is 1. The van der Waals surface area contributed by atoms with E-state index in [2.05, 4.69) is 38.2 Å². The minimum atomic E-state index is 0. The fourth-order valence-corrected chi connectivity index (χ4v) is 3.23. The summed E-state index contributed by atoms with van der Waals surface area (Å²) in [4.78, 5) is 13.9. The van der Waals surface area contributed by atoms with Gasteiger partial charge in [0.25, 0.3) is 0 Å². The van der Waals surface area contributed by atoms with Crippen LogP contribution in [0, 0.1) is 6.92 Å². The summed E-state index contributed by atoms with van der Waals surface area (Å²) in [5, 5.41) is 6.62. The van der Waals surface area contributed by atoms with Crippen LogP contribution in [0.15, 0.2) is 64.2 Å². The Balaban J connectivity index is 0.00000272. The zero-order valence-corrected chi connectivity index (χ0v) is 20.3. The molecule has 8 heteroatoms. The van der Waals surface area contributed by atoms with Gasteiger partial charge in [0, 0.05) is 19.2 Å². The van der Waals surface area contributed by atoms with Gasteiger partial charge in [0.1, 0.15) is 17.8 Å². The van der Waals surface area contributed by atoms with E-state index in [4.69, 9.17) is 9.40 Å². The molecule has 31 heavy (non-hydrogen) atoms. The molecule has 0 unspecified atom stereocenters. The Labute approximate surface area is 199 Å². The number of aryl methyl sites for hydroxylation is 2. The quantitative estimate of drug-likeness (QED) is 0.219. The summed E-state index contributed by atoms with van der Waals surface area (Å²) in [5.41, 5.74) is 5.05. The number of para-hydroxylation sites is 2. The Morgan fingerprint density at radius 3 is 2.58 bits per heavy atom. The van der Waals surface area contributed by atoms with Gasteiger partial charge < -0.3 is 19.6 Å². The molecule has 0 aliphatic carbocycles. The lowest BCUT2D eigenvalue weighted by Gasteiger charge is -2.10. The normalized spacial score (nSPS) is 11.4. The molecule has 0 aliphatic heterocycles. The number of benzene rings is 2. The highest BCUT2D eigenvalue weighted by Gasteiger charge is 2.09. The van der Waals surface area contributed by atoms with E-state index < -0.39 is 0 Å². The molecule has 2 N–H and O–H groups in total. The zero-order valence-electron chi connectivity index (χ0n) is 17.9. The van der Waals surface area contributed by atoms with Gasteiger partial charge in [-0.05, 0) is 38.1 Å². The molecule has 2 aromatic heterocycles. The molecule has 0 bridgehead atoms. The number of aromatic nitrogens is 3. The van der Waals surface area contributed by atoms with Crippen LogP contribution in [-0.4, -0.2) is 27.0 Å². The third-order valence-electron chi connectivity index (χ3n) is 4.89. The van der Waals surface area contributed by atoms with Crippen molar-refractivity contribution in [3.8, 4) is 11.5 Å². The van der Waals surface area contributed by atoms with Crippen LogP contribution in [0.2, 0.25) is 0 Å². The van der Waals surface area contributed by atoms with E-state index >= 15 is 0 Å². The number of hydrogen-bond donors (Lipinski definition) is 2. The molecule has 4 rings (SSSR count). The Morgan fingerprint density at radius 2 is 1.84 bits per heavy atom. The van der Waals surface area contributed by atoms with Gasteiger partial charge in [-0.3, -0.25) is 0 Å². The van der Waals surface area contributed by atoms with E-state index in [0.29, 0.717) is 24.9 Å². The smallest absolute Gasteiger partial charge is 0.226 e. The van der Waals surface area contributed by atoms with Gasteiger partial charge in [-0.15, -0.1) is 24.0 Å². The molecular weight excluding hydrogens is 503 g/mol. The summed E-state index contributed by atoms with van der Waals surface area (Å²) in [6.45, 7) is 5.86. The fourth-order valence-electron chi connectivity index (χ4n) is 3.23. The molecule has 0 saturated heterocycles. The first-order valence-corrected chi connectivity index (χ1v) is 10.1. The maximum atomic E-state index is 5.63. The number of hydrogen-bond acceptors (Lipinski definition) is 4. The molecule has 0 radical (unpaired) electrons. The average Bonchev–Trinajstić information content (AvgIpc) is 3.36. The summed E-state index contributed by atoms with van der Waals surface area (Å²) in [6.07, 6.45) is 1.66. The van der Waals surface area contributed by atoms with Crippen LogP contribution in [0.25, 0.3) is 22.5 Å². The Bertz CT molecular complexity index is 1160. The minimum absolute atomic E-state index is 0. The minimum Gasteiger partial charge on any atom is -0.444 e. The van der Waals surface area contributed by atoms with Crippen molar-refractivity contribution < 1.29 is 4.42 Å². The number of halogens is 1. The number of nitrogens with zero attached hydrogens (tertiary/aromatic N) is 4. The number of aliphatic imine (C=N–C) groups is 1. The third-order valence-corrected chi connectivity index (χ3v) is 4.89. The van der Waals surface area contributed by atoms with Gasteiger partial charge in [0.15, 0.2) is 5.96 Å². The molecule has 0 saturated carbocycles. The highest BCUT2D eigenvalue weighted by atomic mass is 127. The van der Waals surface area contributed by atoms with Crippen molar-refractivity contribution in [2.75, 3.05) is 6.54 Å². The summed E-state index contributed by atoms with van der Waals surface area (Å²) >= 11 is 0. The Kier molecular flexibility index (Phi) is 7.67. The molecule has 0 atom stereocenters. The van der Waals surface area contributed by atoms with Gasteiger partial charge in [0.2, 0.25) is 5.89 Å². The van der Waals surface area contributed by atoms with Crippen molar-refractivity contribution >= 4 is 41.0 Å². The number of nitrogens with one attached hydrogen (secondary N) is 2. The molecule has 7 nitrogen and oxygen atoms in total. The van der Waals surface area contributed by atoms with Crippen LogP contribution in [-0.2, 0) is 20.1 Å². The number of imidazole rings is 1. The number of oxazole rings is 1. The molecule has 0 aliphatic rings. The molecular formula is C23H27IN6O. The second kappa shape index (κ2) is 10.4. The van der Waals surface area contributed by atoms with Gasteiger partial charge in [-0.1, -0.05) is 29.8 Å². The lowest BCUT2D eigenvalue weighted by molar-refractivity contribution is 0.572. The van der Waals surface area contributed by atoms with Crippen molar-refractivity contribution in [1.82, 2.24) is 25.2 Å². The summed E-state index contributed by atoms with van der Waals surface area (Å²) in [6, 6.07) is 16.2. The topological polar surface area (TPSA) is 80.3 Å². The van der Waals surface area contributed by atoms with Gasteiger partial charge in [-0.2, -0.15) is 0 Å². The van der Waals surface area contributed by atoms with E-state index in [1.54, 1.807) is 6.26 Å². The largest absolute Gasteiger partial charge is 0.444 e. The lowest BCUT2D eigenvalue weighted by Crippen LogP contribution is -2.37. The Hall–Kier alpha value is -2.88. The van der Waals surface area contributed by atoms with Crippen LogP contribution >= 0.6 is 24.0 Å². The summed E-state index contributed by atoms with van der Waals surface area (Å²) in [7, 11) is 2.03. The molecule has 0 spiro atoms. The lowest BCUT2D eigenvalue weighted by atomic mass is 10.1. The van der Waals surface area contributed by atoms with E-state index in [9.17, 15) is 0 Å². The molecule has 2 aromatic carbocycles. The highest BCUT2D eigenvalue weighted by molar-refractivity contribution is 14.0. The number of fused-ring (bicyclic) bond motifs is 1. The van der Waals surface area contributed by atoms with Crippen molar-refractivity contribution in [2.24, 2.45) is 12.0 Å². The van der Waals surface area contributed by atoms with Crippen LogP contribution in [0.5, 0.6) is 0 Å². The molecule has 2 heterocycles. The van der Waals surface area contributed by atoms with E-state index in [1.165, 1.54) is 5.56 Å². The molecule has 0 amide bonds. The van der Waals surface area contributed by atoms with Crippen LogP contribution in [0.3, 0.4) is 0 Å². The first-order chi connectivity index (χ1) is 14.6. The average molecular weight is 530 g/mol. The van der Waals surface area contributed by atoms with Crippen molar-refractivity contribution in [3.63, 3.8) is 0 Å². The maximum Gasteiger partial charge on any atom is 0.226 e. The predicted molar refractivity (Wildman–Crippen MR) is 134 cm³/mol. The maximum absolute atomic E-state index is 5.63. The zero-order chi connectivity index (χ0) is 20.9. The Morgan fingerprint density at radius 1 is 1.06 bits per heavy atom. The van der Waals surface area contributed by atoms with Crippen LogP contribution in [0.1, 0.15) is 24.0 Å². The van der Waals surface area contributed by atoms with Gasteiger partial charge in [-0.25, -0.2) is 15.0 Å². The first kappa shape index (κ1) is 22.8. The highest BCUT2D eigenvalue weighted by Crippen LogP contribution is 2.19. The first-order valence-electron chi connectivity index (χ1n) is 10.1. The standard InChI is InChI=1S/C23H26N6O.HI/c1-4-24-23(26-14-21-28-19-7-5-6-8-20(19)29(21)3)25-13-18-15-30-22(27-18)17-11-9-16(2)10-12-17;/h5-12,15H,4,13-14H2,1-3H3,(H2,24,25,26);1H.